The van der Waals surface area contributed by atoms with Crippen LogP contribution in [-0.2, 0) is 6.61 Å². The molecular formula is C22H24N4O2. The highest BCUT2D eigenvalue weighted by Crippen LogP contribution is 2.19. The number of hydrogen-bond donors (Lipinski definition) is 1. The standard InChI is InChI=1S/C22H24N4O2/c1-3-26(4-2)22(27)20-14-15-21(25-24-20)23-18-10-12-19(13-11-18)28-16-17-8-6-5-7-9-17/h5-15H,3-4,16H2,1-2H3,(H,23,25). The lowest BCUT2D eigenvalue weighted by Crippen LogP contribution is -2.31. The minimum atomic E-state index is -0.107. The van der Waals surface area contributed by atoms with Crippen LogP contribution in [0.3, 0.4) is 0 Å². The molecule has 0 aliphatic carbocycles. The van der Waals surface area contributed by atoms with Crippen molar-refractivity contribution in [2.45, 2.75) is 20.5 Å². The zero-order chi connectivity index (χ0) is 19.8. The largest absolute Gasteiger partial charge is 0.489 e. The molecule has 0 bridgehead atoms. The second-order valence-electron chi connectivity index (χ2n) is 6.20. The van der Waals surface area contributed by atoms with E-state index in [0.29, 0.717) is 31.2 Å². The Morgan fingerprint density at radius 1 is 0.929 bits per heavy atom. The highest BCUT2D eigenvalue weighted by Gasteiger charge is 2.14. The maximum atomic E-state index is 12.3. The van der Waals surface area contributed by atoms with Crippen LogP contribution in [-0.4, -0.2) is 34.1 Å². The molecule has 1 N–H and O–H groups in total. The van der Waals surface area contributed by atoms with Gasteiger partial charge in [0, 0.05) is 18.8 Å². The molecule has 6 heteroatoms. The van der Waals surface area contributed by atoms with E-state index >= 15 is 0 Å². The molecule has 0 saturated heterocycles. The van der Waals surface area contributed by atoms with Gasteiger partial charge in [0.15, 0.2) is 11.5 Å². The molecule has 1 heterocycles. The van der Waals surface area contributed by atoms with Crippen LogP contribution in [0.25, 0.3) is 0 Å². The minimum Gasteiger partial charge on any atom is -0.489 e. The molecule has 3 aromatic rings. The first-order chi connectivity index (χ1) is 13.7. The van der Waals surface area contributed by atoms with Gasteiger partial charge in [-0.15, -0.1) is 10.2 Å². The Labute approximate surface area is 165 Å². The molecule has 0 saturated carbocycles. The molecule has 0 atom stereocenters. The van der Waals surface area contributed by atoms with Crippen LogP contribution in [0.1, 0.15) is 29.9 Å². The van der Waals surface area contributed by atoms with E-state index in [1.807, 2.05) is 68.4 Å². The van der Waals surface area contributed by atoms with Crippen molar-refractivity contribution in [3.63, 3.8) is 0 Å². The van der Waals surface area contributed by atoms with Crippen molar-refractivity contribution in [2.75, 3.05) is 18.4 Å². The fourth-order valence-corrected chi connectivity index (χ4v) is 2.71. The van der Waals surface area contributed by atoms with Crippen LogP contribution in [0, 0.1) is 0 Å². The van der Waals surface area contributed by atoms with Gasteiger partial charge in [-0.25, -0.2) is 0 Å². The van der Waals surface area contributed by atoms with E-state index in [2.05, 4.69) is 15.5 Å². The van der Waals surface area contributed by atoms with Gasteiger partial charge in [0.2, 0.25) is 0 Å². The van der Waals surface area contributed by atoms with E-state index in [1.165, 1.54) is 0 Å². The summed E-state index contributed by atoms with van der Waals surface area (Å²) in [6, 6.07) is 21.1. The summed E-state index contributed by atoms with van der Waals surface area (Å²) in [6.45, 7) is 5.71. The van der Waals surface area contributed by atoms with Crippen LogP contribution in [0.4, 0.5) is 11.5 Å². The van der Waals surface area contributed by atoms with Gasteiger partial charge in [-0.1, -0.05) is 30.3 Å². The summed E-state index contributed by atoms with van der Waals surface area (Å²) in [4.78, 5) is 14.0. The third kappa shape index (κ3) is 5.07. The van der Waals surface area contributed by atoms with E-state index < -0.39 is 0 Å². The number of rotatable bonds is 8. The summed E-state index contributed by atoms with van der Waals surface area (Å²) in [5.74, 6) is 1.26. The Bertz CT molecular complexity index is 877. The zero-order valence-electron chi connectivity index (χ0n) is 16.1. The predicted octanol–water partition coefficient (Wildman–Crippen LogP) is 4.28. The van der Waals surface area contributed by atoms with Crippen molar-refractivity contribution in [1.29, 1.82) is 0 Å². The maximum Gasteiger partial charge on any atom is 0.274 e. The molecular weight excluding hydrogens is 352 g/mol. The van der Waals surface area contributed by atoms with Crippen LogP contribution in [0.5, 0.6) is 5.75 Å². The molecule has 0 radical (unpaired) electrons. The average molecular weight is 376 g/mol. The Hall–Kier alpha value is -3.41. The Kier molecular flexibility index (Phi) is 6.57. The summed E-state index contributed by atoms with van der Waals surface area (Å²) < 4.78 is 5.79. The van der Waals surface area contributed by atoms with Crippen LogP contribution in [0.15, 0.2) is 66.7 Å². The van der Waals surface area contributed by atoms with Gasteiger partial charge >= 0.3 is 0 Å². The van der Waals surface area contributed by atoms with Crippen molar-refractivity contribution < 1.29 is 9.53 Å². The molecule has 1 aromatic heterocycles. The average Bonchev–Trinajstić information content (AvgIpc) is 2.75. The van der Waals surface area contributed by atoms with Crippen molar-refractivity contribution in [2.24, 2.45) is 0 Å². The summed E-state index contributed by atoms with van der Waals surface area (Å²) in [7, 11) is 0. The highest BCUT2D eigenvalue weighted by molar-refractivity contribution is 5.92. The van der Waals surface area contributed by atoms with E-state index in [9.17, 15) is 4.79 Å². The number of anilines is 2. The topological polar surface area (TPSA) is 67.4 Å². The quantitative estimate of drug-likeness (QED) is 0.635. The van der Waals surface area contributed by atoms with Gasteiger partial charge in [0.25, 0.3) is 5.91 Å². The second-order valence-corrected chi connectivity index (χ2v) is 6.20. The van der Waals surface area contributed by atoms with Crippen LogP contribution >= 0.6 is 0 Å². The first-order valence-electron chi connectivity index (χ1n) is 9.36. The van der Waals surface area contributed by atoms with Crippen molar-refractivity contribution >= 4 is 17.4 Å². The Balaban J connectivity index is 1.57. The summed E-state index contributed by atoms with van der Waals surface area (Å²) in [6.07, 6.45) is 0. The van der Waals surface area contributed by atoms with Crippen molar-refractivity contribution in [3.05, 3.63) is 78.0 Å². The van der Waals surface area contributed by atoms with Gasteiger partial charge in [-0.2, -0.15) is 0 Å². The number of aromatic nitrogens is 2. The molecule has 6 nitrogen and oxygen atoms in total. The van der Waals surface area contributed by atoms with E-state index in [1.54, 1.807) is 17.0 Å². The van der Waals surface area contributed by atoms with Crippen LogP contribution < -0.4 is 10.1 Å². The number of carbonyl (C=O) groups is 1. The van der Waals surface area contributed by atoms with E-state index in [4.69, 9.17) is 4.74 Å². The second kappa shape index (κ2) is 9.50. The van der Waals surface area contributed by atoms with E-state index in [-0.39, 0.29) is 5.91 Å². The SMILES string of the molecule is CCN(CC)C(=O)c1ccc(Nc2ccc(OCc3ccccc3)cc2)nn1. The number of benzene rings is 2. The lowest BCUT2D eigenvalue weighted by atomic mass is 10.2. The molecule has 0 fully saturated rings. The number of amides is 1. The molecule has 3 rings (SSSR count). The number of ether oxygens (including phenoxy) is 1. The maximum absolute atomic E-state index is 12.3. The molecule has 2 aromatic carbocycles. The summed E-state index contributed by atoms with van der Waals surface area (Å²) >= 11 is 0. The molecule has 0 aliphatic rings. The predicted molar refractivity (Wildman–Crippen MR) is 110 cm³/mol. The monoisotopic (exact) mass is 376 g/mol. The third-order valence-corrected chi connectivity index (χ3v) is 4.31. The Morgan fingerprint density at radius 2 is 1.64 bits per heavy atom. The number of nitrogens with zero attached hydrogens (tertiary/aromatic N) is 3. The first-order valence-corrected chi connectivity index (χ1v) is 9.36. The fraction of sp³-hybridized carbons (Fsp3) is 0.227. The molecule has 1 amide bonds. The number of hydrogen-bond acceptors (Lipinski definition) is 5. The van der Waals surface area contributed by atoms with Gasteiger partial charge in [-0.3, -0.25) is 4.79 Å². The Morgan fingerprint density at radius 3 is 2.25 bits per heavy atom. The van der Waals surface area contributed by atoms with Crippen molar-refractivity contribution in [3.8, 4) is 5.75 Å². The number of nitrogens with one attached hydrogen (secondary N) is 1. The summed E-state index contributed by atoms with van der Waals surface area (Å²) in [5.41, 5.74) is 2.34. The van der Waals surface area contributed by atoms with Gasteiger partial charge in [0.05, 0.1) is 0 Å². The fourth-order valence-electron chi connectivity index (χ4n) is 2.71. The zero-order valence-corrected chi connectivity index (χ0v) is 16.1. The first kappa shape index (κ1) is 19.4. The lowest BCUT2D eigenvalue weighted by Gasteiger charge is -2.17. The van der Waals surface area contributed by atoms with Crippen molar-refractivity contribution in [1.82, 2.24) is 15.1 Å². The normalized spacial score (nSPS) is 10.4. The smallest absolute Gasteiger partial charge is 0.274 e. The van der Waals surface area contributed by atoms with Gasteiger partial charge in [0.1, 0.15) is 12.4 Å². The van der Waals surface area contributed by atoms with Crippen LogP contribution in [0.2, 0.25) is 0 Å². The number of carbonyl (C=O) groups excluding carboxylic acids is 1. The van der Waals surface area contributed by atoms with E-state index in [0.717, 1.165) is 17.0 Å². The minimum absolute atomic E-state index is 0.107. The molecule has 144 valence electrons. The third-order valence-electron chi connectivity index (χ3n) is 4.31. The molecule has 28 heavy (non-hydrogen) atoms. The highest BCUT2D eigenvalue weighted by atomic mass is 16.5. The molecule has 0 spiro atoms. The lowest BCUT2D eigenvalue weighted by molar-refractivity contribution is 0.0766. The van der Waals surface area contributed by atoms with Gasteiger partial charge < -0.3 is 15.0 Å². The summed E-state index contributed by atoms with van der Waals surface area (Å²) in [5, 5.41) is 11.3. The molecule has 0 unspecified atom stereocenters. The van der Waals surface area contributed by atoms with Gasteiger partial charge in [-0.05, 0) is 55.8 Å². The molecule has 0 aliphatic heterocycles.